The Bertz CT molecular complexity index is 3440. The minimum atomic E-state index is -3.23. The average Bonchev–Trinajstić information content (AvgIpc) is 4.13. The fourth-order valence-corrected chi connectivity index (χ4v) is 12.2. The summed E-state index contributed by atoms with van der Waals surface area (Å²) in [7, 11) is -12.6. The van der Waals surface area contributed by atoms with Crippen molar-refractivity contribution < 1.29 is 67.1 Å². The van der Waals surface area contributed by atoms with Gasteiger partial charge in [-0.2, -0.15) is 0 Å². The number of hydrogen-bond donors (Lipinski definition) is 0. The van der Waals surface area contributed by atoms with Gasteiger partial charge in [-0.25, -0.2) is 48.6 Å². The van der Waals surface area contributed by atoms with E-state index in [1.54, 1.807) is 66.9 Å². The number of nitro groups is 1. The van der Waals surface area contributed by atoms with Gasteiger partial charge in [0, 0.05) is 74.7 Å². The number of carbonyl (C=O) groups excluding carboxylic acids is 1. The molecule has 3 fully saturated rings. The Hall–Kier alpha value is -5.75. The molecule has 3 aromatic carbocycles. The molecule has 3 aromatic heterocycles. The lowest BCUT2D eigenvalue weighted by Crippen LogP contribution is -2.33. The SMILES string of the molecule is CC(C)OC1CCCC1.CC(C)OC1CCCCO1.CC(C)OC1CCCO1.CC1=C([N+](=O)[O-])CN(C(C)C)C1=O.CS(=O)(=O)c1cccc2cccnc12.CS(=O)(=O)c1ccccc1.CS(=O)(=O)c1nc2ccccc2s1.CS(=O)(=O)c1ncccn1. The molecule has 10 rings (SSSR count). The maximum absolute atomic E-state index is 11.4. The molecular weight excluding hydrogens is 1230 g/mol. The van der Waals surface area contributed by atoms with Gasteiger partial charge in [0.05, 0.1) is 60.4 Å². The lowest BCUT2D eigenvalue weighted by Gasteiger charge is -2.24. The molecule has 0 N–H and O–H groups in total. The van der Waals surface area contributed by atoms with Crippen molar-refractivity contribution in [2.75, 3.05) is 44.8 Å². The van der Waals surface area contributed by atoms with Crippen LogP contribution in [0.3, 0.4) is 0 Å². The third kappa shape index (κ3) is 28.8. The van der Waals surface area contributed by atoms with Crippen molar-refractivity contribution in [3.63, 3.8) is 0 Å². The minimum absolute atomic E-state index is 0.0138. The summed E-state index contributed by atoms with van der Waals surface area (Å²) in [5, 5.41) is 11.2. The molecule has 0 radical (unpaired) electrons. The first-order valence-corrected chi connectivity index (χ1v) is 37.2. The topological polar surface area (TPSA) is 298 Å². The summed E-state index contributed by atoms with van der Waals surface area (Å²) in [5.41, 5.74) is 1.57. The van der Waals surface area contributed by atoms with Crippen LogP contribution in [0.5, 0.6) is 0 Å². The van der Waals surface area contributed by atoms with E-state index in [1.165, 1.54) is 92.8 Å². The Labute approximate surface area is 524 Å². The second kappa shape index (κ2) is 37.4. The first kappa shape index (κ1) is 76.5. The highest BCUT2D eigenvalue weighted by atomic mass is 32.2. The van der Waals surface area contributed by atoms with Gasteiger partial charge in [0.2, 0.25) is 29.2 Å². The van der Waals surface area contributed by atoms with E-state index in [0.717, 1.165) is 54.3 Å². The van der Waals surface area contributed by atoms with Gasteiger partial charge in [-0.3, -0.25) is 19.9 Å². The van der Waals surface area contributed by atoms with Crippen LogP contribution in [0.4, 0.5) is 0 Å². The number of aromatic nitrogens is 4. The molecule has 1 aliphatic carbocycles. The predicted octanol–water partition coefficient (Wildman–Crippen LogP) is 10.9. The van der Waals surface area contributed by atoms with Gasteiger partial charge in [-0.05, 0) is 143 Å². The normalized spacial score (nSPS) is 17.0. The lowest BCUT2D eigenvalue weighted by molar-refractivity contribution is -0.427. The molecule has 0 spiro atoms. The lowest BCUT2D eigenvalue weighted by atomic mass is 10.2. The van der Waals surface area contributed by atoms with Crippen LogP contribution in [0.25, 0.3) is 21.1 Å². The Kier molecular flexibility index (Phi) is 32.5. The predicted molar refractivity (Wildman–Crippen MR) is 342 cm³/mol. The van der Waals surface area contributed by atoms with Crippen LogP contribution in [-0.4, -0.2) is 157 Å². The number of nitrogens with zero attached hydrogens (tertiary/aromatic N) is 6. The van der Waals surface area contributed by atoms with Crippen LogP contribution in [0.2, 0.25) is 0 Å². The van der Waals surface area contributed by atoms with E-state index < -0.39 is 44.3 Å². The van der Waals surface area contributed by atoms with Gasteiger partial charge >= 0.3 is 0 Å². The van der Waals surface area contributed by atoms with Crippen LogP contribution >= 0.6 is 11.3 Å². The highest BCUT2D eigenvalue weighted by molar-refractivity contribution is 7.93. The van der Waals surface area contributed by atoms with Crippen LogP contribution in [0, 0.1) is 10.1 Å². The number of rotatable bonds is 12. The summed E-state index contributed by atoms with van der Waals surface area (Å²) in [6, 6.07) is 26.1. The fraction of sp³-hybridized carbons (Fsp3) is 0.525. The van der Waals surface area contributed by atoms with E-state index in [4.69, 9.17) is 23.7 Å². The molecule has 88 heavy (non-hydrogen) atoms. The summed E-state index contributed by atoms with van der Waals surface area (Å²) in [5.74, 6) is -0.221. The molecule has 3 aliphatic heterocycles. The van der Waals surface area contributed by atoms with E-state index in [-0.39, 0.29) is 56.7 Å². The van der Waals surface area contributed by atoms with E-state index >= 15 is 0 Å². The van der Waals surface area contributed by atoms with E-state index in [9.17, 15) is 48.6 Å². The molecule has 4 aliphatic rings. The Morgan fingerprint density at radius 3 is 1.53 bits per heavy atom. The van der Waals surface area contributed by atoms with Gasteiger partial charge in [-0.1, -0.05) is 61.4 Å². The van der Waals surface area contributed by atoms with Crippen LogP contribution in [0.1, 0.15) is 120 Å². The summed E-state index contributed by atoms with van der Waals surface area (Å²) in [4.78, 5) is 38.8. The number of fused-ring (bicyclic) bond motifs is 2. The van der Waals surface area contributed by atoms with Crippen LogP contribution < -0.4 is 0 Å². The van der Waals surface area contributed by atoms with Crippen LogP contribution in [-0.2, 0) is 67.8 Å². The molecule has 2 unspecified atom stereocenters. The van der Waals surface area contributed by atoms with Crippen molar-refractivity contribution >= 4 is 77.7 Å². The summed E-state index contributed by atoms with van der Waals surface area (Å²) < 4.78 is 116. The third-order valence-electron chi connectivity index (χ3n) is 12.5. The van der Waals surface area contributed by atoms with E-state index in [1.807, 2.05) is 71.9 Å². The standard InChI is InChI=1S/C10H9NO2S.C8H12N2O3.C8H7NO2S2.C8H16O2.C8H16O.C7H8O2S.C7H14O2.C5H6N2O2S/c1-14(12,13)9-6-2-4-8-5-3-7-11-10(8)9;1-5(2)9-4-7(10(12)13)6(3)8(9)11;1-13(10,11)8-9-6-4-2-3-5-7(6)12-8;1-7(2)10-8-5-3-4-6-9-8;1-7(2)9-8-5-3-4-6-8;1-10(8,9)7-5-3-2-4-6-7;1-6(2)9-7-4-3-5-8-7;1-10(8,9)5-6-3-2-4-7-5/h2-7H,1H3;5H,4H2,1-3H3;2-5H,1H3;7-8H,3-6H2,1-2H3;7-8H,3-6H2,1-2H3;2-6H,1H3;6-7H,3-5H2,1-2H3;2-4H,1H3. The van der Waals surface area contributed by atoms with Crippen molar-refractivity contribution in [1.29, 1.82) is 0 Å². The molecule has 1 amide bonds. The number of ether oxygens (including phenoxy) is 5. The van der Waals surface area contributed by atoms with Crippen molar-refractivity contribution in [3.05, 3.63) is 131 Å². The smallest absolute Gasteiger partial charge is 0.273 e. The number of para-hydroxylation sites is 2. The van der Waals surface area contributed by atoms with Crippen molar-refractivity contribution in [2.24, 2.45) is 0 Å². The second-order valence-corrected chi connectivity index (χ2v) is 30.9. The number of hydrogen-bond acceptors (Lipinski definition) is 21. The van der Waals surface area contributed by atoms with Gasteiger partial charge in [0.25, 0.3) is 11.6 Å². The maximum Gasteiger partial charge on any atom is 0.273 e. The molecule has 2 saturated heterocycles. The Morgan fingerprint density at radius 1 is 0.591 bits per heavy atom. The number of carbonyl (C=O) groups is 1. The molecule has 22 nitrogen and oxygen atoms in total. The highest BCUT2D eigenvalue weighted by Crippen LogP contribution is 2.26. The highest BCUT2D eigenvalue weighted by Gasteiger charge is 2.36. The van der Waals surface area contributed by atoms with Gasteiger partial charge in [0.15, 0.2) is 32.3 Å². The average molecular weight is 1320 g/mol. The molecule has 1 saturated carbocycles. The monoisotopic (exact) mass is 1320 g/mol. The van der Waals surface area contributed by atoms with E-state index in [0.29, 0.717) is 34.8 Å². The largest absolute Gasteiger partial charge is 0.376 e. The van der Waals surface area contributed by atoms with Gasteiger partial charge < -0.3 is 28.6 Å². The number of pyridine rings is 1. The molecule has 0 bridgehead atoms. The second-order valence-electron chi connectivity index (χ2n) is 21.8. The zero-order chi connectivity index (χ0) is 65.8. The Morgan fingerprint density at radius 2 is 1.11 bits per heavy atom. The molecule has 27 heteroatoms. The van der Waals surface area contributed by atoms with E-state index in [2.05, 4.69) is 33.8 Å². The summed E-state index contributed by atoms with van der Waals surface area (Å²) in [6.45, 7) is 19.4. The van der Waals surface area contributed by atoms with Gasteiger partial charge in [-0.15, -0.1) is 11.3 Å². The first-order valence-electron chi connectivity index (χ1n) is 28.8. The molecule has 6 heterocycles. The zero-order valence-corrected chi connectivity index (χ0v) is 56.8. The summed E-state index contributed by atoms with van der Waals surface area (Å²) in [6.07, 6.45) is 21.8. The number of sulfone groups is 4. The molecular formula is C61H88N6O16S5. The van der Waals surface area contributed by atoms with Crippen molar-refractivity contribution in [2.45, 2.75) is 182 Å². The van der Waals surface area contributed by atoms with Crippen molar-refractivity contribution in [3.8, 4) is 0 Å². The maximum atomic E-state index is 11.4. The quantitative estimate of drug-likeness (QED) is 0.0624. The Balaban J connectivity index is 0.000000264. The minimum Gasteiger partial charge on any atom is -0.376 e. The first-order chi connectivity index (χ1) is 41.2. The fourth-order valence-electron chi connectivity index (χ4n) is 8.32. The number of amides is 1. The molecule has 488 valence electrons. The van der Waals surface area contributed by atoms with Gasteiger partial charge in [0.1, 0.15) is 6.54 Å². The van der Waals surface area contributed by atoms with Crippen molar-refractivity contribution in [1.82, 2.24) is 24.8 Å². The molecule has 2 atom stereocenters. The van der Waals surface area contributed by atoms with Crippen LogP contribution in [0.15, 0.2) is 140 Å². The zero-order valence-electron chi connectivity index (χ0n) is 52.7. The summed E-state index contributed by atoms with van der Waals surface area (Å²) >= 11 is 1.21. The molecule has 6 aromatic rings. The number of benzene rings is 3. The number of thiazole rings is 1. The third-order valence-corrected chi connectivity index (χ3v) is 18.3.